The van der Waals surface area contributed by atoms with E-state index in [0.717, 1.165) is 24.2 Å². The molecule has 186 valence electrons. The van der Waals surface area contributed by atoms with Crippen molar-refractivity contribution in [1.82, 2.24) is 10.2 Å². The second-order valence-electron chi connectivity index (χ2n) is 9.00. The van der Waals surface area contributed by atoms with Gasteiger partial charge in [0.1, 0.15) is 28.4 Å². The Morgan fingerprint density at radius 3 is 2.81 bits per heavy atom. The van der Waals surface area contributed by atoms with E-state index in [1.54, 1.807) is 25.1 Å². The number of ether oxygens (including phenoxy) is 2. The number of carbonyl (C=O) groups is 2. The highest BCUT2D eigenvalue weighted by Gasteiger charge is 2.48. The van der Waals surface area contributed by atoms with Gasteiger partial charge in [-0.15, -0.1) is 10.2 Å². The van der Waals surface area contributed by atoms with Crippen LogP contribution in [0.1, 0.15) is 54.4 Å². The van der Waals surface area contributed by atoms with Crippen LogP contribution in [0.15, 0.2) is 48.0 Å². The van der Waals surface area contributed by atoms with Gasteiger partial charge in [-0.2, -0.15) is 0 Å². The summed E-state index contributed by atoms with van der Waals surface area (Å²) < 4.78 is 11.7. The first-order chi connectivity index (χ1) is 17.4. The Balaban J connectivity index is 1.63. The molecule has 2 atom stereocenters. The second kappa shape index (κ2) is 9.73. The lowest BCUT2D eigenvalue weighted by Crippen LogP contribution is -2.29. The number of hydrogen-bond donors (Lipinski definition) is 1. The normalized spacial score (nSPS) is 20.5. The second-order valence-corrected chi connectivity index (χ2v) is 10.2. The number of benzene rings is 2. The highest BCUT2D eigenvalue weighted by Crippen LogP contribution is 2.44. The van der Waals surface area contributed by atoms with E-state index in [-0.39, 0.29) is 17.4 Å². The Kier molecular flexibility index (Phi) is 6.49. The standard InChI is InChI=1S/C27H27N3O5S/c1-4-5-11-34-20-8-6-7-17(14-20)23-22(25(32)26(33)30(23)27-29-28-16(3)36-27)24(31)18-9-10-21-19(13-18)12-15(2)35-21/h6-10,13-15,23,31H,4-5,11-12H2,1-3H3/b24-22+. The van der Waals surface area contributed by atoms with Crippen LogP contribution in [0, 0.1) is 6.92 Å². The van der Waals surface area contributed by atoms with Gasteiger partial charge in [-0.25, -0.2) is 0 Å². The zero-order valence-corrected chi connectivity index (χ0v) is 21.2. The lowest BCUT2D eigenvalue weighted by Gasteiger charge is -2.23. The number of amides is 1. The predicted molar refractivity (Wildman–Crippen MR) is 137 cm³/mol. The first-order valence-corrected chi connectivity index (χ1v) is 12.8. The molecular formula is C27H27N3O5S. The molecular weight excluding hydrogens is 478 g/mol. The van der Waals surface area contributed by atoms with E-state index in [0.29, 0.717) is 40.0 Å². The van der Waals surface area contributed by atoms with Crippen molar-refractivity contribution in [3.63, 3.8) is 0 Å². The summed E-state index contributed by atoms with van der Waals surface area (Å²) in [5.41, 5.74) is 2.04. The highest BCUT2D eigenvalue weighted by atomic mass is 32.1. The molecule has 0 spiro atoms. The molecule has 3 heterocycles. The molecule has 1 N–H and O–H groups in total. The van der Waals surface area contributed by atoms with Crippen molar-refractivity contribution in [2.24, 2.45) is 0 Å². The summed E-state index contributed by atoms with van der Waals surface area (Å²) in [5, 5.41) is 20.6. The third kappa shape index (κ3) is 4.35. The van der Waals surface area contributed by atoms with Crippen molar-refractivity contribution in [2.45, 2.75) is 52.2 Å². The zero-order chi connectivity index (χ0) is 25.4. The van der Waals surface area contributed by atoms with Crippen molar-refractivity contribution in [3.8, 4) is 11.5 Å². The molecule has 1 fully saturated rings. The monoisotopic (exact) mass is 505 g/mol. The van der Waals surface area contributed by atoms with Gasteiger partial charge in [0.25, 0.3) is 5.78 Å². The number of hydrogen-bond acceptors (Lipinski definition) is 8. The van der Waals surface area contributed by atoms with Crippen LogP contribution < -0.4 is 14.4 Å². The van der Waals surface area contributed by atoms with E-state index < -0.39 is 17.7 Å². The minimum Gasteiger partial charge on any atom is -0.507 e. The van der Waals surface area contributed by atoms with Crippen LogP contribution in [0.25, 0.3) is 5.76 Å². The van der Waals surface area contributed by atoms with Crippen LogP contribution in [-0.2, 0) is 16.0 Å². The summed E-state index contributed by atoms with van der Waals surface area (Å²) in [4.78, 5) is 28.0. The molecule has 0 radical (unpaired) electrons. The molecule has 2 unspecified atom stereocenters. The molecule has 0 saturated carbocycles. The molecule has 36 heavy (non-hydrogen) atoms. The van der Waals surface area contributed by atoms with Crippen molar-refractivity contribution in [1.29, 1.82) is 0 Å². The largest absolute Gasteiger partial charge is 0.507 e. The van der Waals surface area contributed by atoms with E-state index >= 15 is 0 Å². The molecule has 3 aromatic rings. The number of nitrogens with zero attached hydrogens (tertiary/aromatic N) is 3. The maximum absolute atomic E-state index is 13.4. The molecule has 8 nitrogen and oxygen atoms in total. The summed E-state index contributed by atoms with van der Waals surface area (Å²) in [6.07, 6.45) is 2.66. The number of anilines is 1. The van der Waals surface area contributed by atoms with Crippen molar-refractivity contribution in [3.05, 3.63) is 69.7 Å². The topological polar surface area (TPSA) is 102 Å². The molecule has 2 aliphatic rings. The molecule has 1 aromatic heterocycles. The van der Waals surface area contributed by atoms with Gasteiger partial charge >= 0.3 is 5.91 Å². The molecule has 0 bridgehead atoms. The van der Waals surface area contributed by atoms with Crippen LogP contribution >= 0.6 is 11.3 Å². The van der Waals surface area contributed by atoms with Gasteiger partial charge < -0.3 is 14.6 Å². The van der Waals surface area contributed by atoms with E-state index in [9.17, 15) is 14.7 Å². The smallest absolute Gasteiger partial charge is 0.301 e. The zero-order valence-electron chi connectivity index (χ0n) is 20.4. The van der Waals surface area contributed by atoms with Gasteiger partial charge in [0.2, 0.25) is 5.13 Å². The number of fused-ring (bicyclic) bond motifs is 1. The van der Waals surface area contributed by atoms with Gasteiger partial charge in [-0.05, 0) is 61.7 Å². The third-order valence-electron chi connectivity index (χ3n) is 6.28. The minimum atomic E-state index is -0.879. The summed E-state index contributed by atoms with van der Waals surface area (Å²) in [7, 11) is 0. The number of aliphatic hydroxyl groups is 1. The number of aliphatic hydroxyl groups excluding tert-OH is 1. The molecule has 5 rings (SSSR count). The van der Waals surface area contributed by atoms with Crippen LogP contribution in [0.4, 0.5) is 5.13 Å². The van der Waals surface area contributed by atoms with Crippen molar-refractivity contribution < 1.29 is 24.2 Å². The first-order valence-electron chi connectivity index (χ1n) is 12.0. The molecule has 1 amide bonds. The van der Waals surface area contributed by atoms with Crippen LogP contribution in [0.2, 0.25) is 0 Å². The quantitative estimate of drug-likeness (QED) is 0.209. The lowest BCUT2D eigenvalue weighted by molar-refractivity contribution is -0.132. The van der Waals surface area contributed by atoms with Gasteiger partial charge in [-0.3, -0.25) is 14.5 Å². The van der Waals surface area contributed by atoms with Gasteiger partial charge in [0, 0.05) is 12.0 Å². The molecule has 1 saturated heterocycles. The van der Waals surface area contributed by atoms with Gasteiger partial charge in [-0.1, -0.05) is 36.8 Å². The number of rotatable bonds is 7. The highest BCUT2D eigenvalue weighted by molar-refractivity contribution is 7.15. The fourth-order valence-corrected chi connectivity index (χ4v) is 5.28. The number of Topliss-reactive ketones (excluding diaryl/α,β-unsaturated/α-hetero) is 1. The molecule has 2 aliphatic heterocycles. The number of carbonyl (C=O) groups excluding carboxylic acids is 2. The Labute approximate surface area is 213 Å². The maximum Gasteiger partial charge on any atom is 0.301 e. The third-order valence-corrected chi connectivity index (χ3v) is 7.11. The summed E-state index contributed by atoms with van der Waals surface area (Å²) in [5.74, 6) is -0.372. The minimum absolute atomic E-state index is 0.00507. The Morgan fingerprint density at radius 1 is 1.22 bits per heavy atom. The van der Waals surface area contributed by atoms with Crippen LogP contribution in [-0.4, -0.2) is 39.7 Å². The van der Waals surface area contributed by atoms with Gasteiger partial charge in [0.15, 0.2) is 0 Å². The summed E-state index contributed by atoms with van der Waals surface area (Å²) in [6, 6.07) is 11.7. The van der Waals surface area contributed by atoms with Crippen molar-refractivity contribution in [2.75, 3.05) is 11.5 Å². The van der Waals surface area contributed by atoms with E-state index in [1.807, 2.05) is 31.2 Å². The average Bonchev–Trinajstić information content (AvgIpc) is 3.53. The number of ketones is 1. The Bertz CT molecular complexity index is 1360. The first kappa shape index (κ1) is 24.0. The number of unbranched alkanes of at least 4 members (excludes halogenated alkanes) is 1. The molecule has 2 aromatic carbocycles. The SMILES string of the molecule is CCCCOc1cccc(C2/C(=C(\O)c3ccc4c(c3)CC(C)O4)C(=O)C(=O)N2c2nnc(C)s2)c1. The Morgan fingerprint density at radius 2 is 2.06 bits per heavy atom. The van der Waals surface area contributed by atoms with Crippen molar-refractivity contribution >= 4 is 33.9 Å². The van der Waals surface area contributed by atoms with E-state index in [1.165, 1.54) is 16.2 Å². The average molecular weight is 506 g/mol. The number of aromatic nitrogens is 2. The number of aryl methyl sites for hydroxylation is 1. The molecule has 0 aliphatic carbocycles. The maximum atomic E-state index is 13.4. The summed E-state index contributed by atoms with van der Waals surface area (Å²) >= 11 is 1.21. The predicted octanol–water partition coefficient (Wildman–Crippen LogP) is 4.98. The van der Waals surface area contributed by atoms with Gasteiger partial charge in [0.05, 0.1) is 18.2 Å². The Hall–Kier alpha value is -3.72. The fraction of sp³-hybridized carbons (Fsp3) is 0.333. The molecule has 9 heteroatoms. The van der Waals surface area contributed by atoms with Crippen LogP contribution in [0.3, 0.4) is 0 Å². The fourth-order valence-electron chi connectivity index (χ4n) is 4.56. The van der Waals surface area contributed by atoms with Crippen LogP contribution in [0.5, 0.6) is 11.5 Å². The lowest BCUT2D eigenvalue weighted by atomic mass is 9.94. The summed E-state index contributed by atoms with van der Waals surface area (Å²) in [6.45, 7) is 6.40. The van der Waals surface area contributed by atoms with E-state index in [2.05, 4.69) is 17.1 Å². The van der Waals surface area contributed by atoms with E-state index in [4.69, 9.17) is 9.47 Å².